The first-order valence-corrected chi connectivity index (χ1v) is 7.71. The van der Waals surface area contributed by atoms with E-state index in [0.717, 1.165) is 31.9 Å². The second-order valence-corrected chi connectivity index (χ2v) is 6.52. The summed E-state index contributed by atoms with van der Waals surface area (Å²) >= 11 is 0. The van der Waals surface area contributed by atoms with Crippen LogP contribution in [0.5, 0.6) is 5.75 Å². The molecule has 19 heavy (non-hydrogen) atoms. The van der Waals surface area contributed by atoms with Gasteiger partial charge in [0.1, 0.15) is 5.75 Å². The maximum Gasteiger partial charge on any atom is 0.119 e. The monoisotopic (exact) mass is 259 g/mol. The van der Waals surface area contributed by atoms with Crippen LogP contribution in [0.2, 0.25) is 0 Å². The molecule has 1 aromatic carbocycles. The Hall–Kier alpha value is -1.02. The van der Waals surface area contributed by atoms with Crippen LogP contribution in [0.25, 0.3) is 0 Å². The first-order valence-electron chi connectivity index (χ1n) is 7.71. The molecule has 2 aliphatic rings. The van der Waals surface area contributed by atoms with Gasteiger partial charge in [-0.3, -0.25) is 0 Å². The summed E-state index contributed by atoms with van der Waals surface area (Å²) in [6, 6.07) is 6.61. The predicted octanol–water partition coefficient (Wildman–Crippen LogP) is 3.68. The van der Waals surface area contributed by atoms with Crippen molar-refractivity contribution in [2.75, 3.05) is 13.2 Å². The lowest BCUT2D eigenvalue weighted by molar-refractivity contribution is 0.116. The molecular formula is C17H25NO. The number of hydrogen-bond donors (Lipinski definition) is 1. The average Bonchev–Trinajstić information content (AvgIpc) is 2.46. The molecule has 104 valence electrons. The van der Waals surface area contributed by atoms with Gasteiger partial charge in [0, 0.05) is 12.0 Å². The third kappa shape index (κ3) is 3.11. The summed E-state index contributed by atoms with van der Waals surface area (Å²) in [4.78, 5) is 0. The van der Waals surface area contributed by atoms with Crippen molar-refractivity contribution in [3.05, 3.63) is 29.3 Å². The van der Waals surface area contributed by atoms with Gasteiger partial charge in [-0.05, 0) is 49.1 Å². The van der Waals surface area contributed by atoms with Gasteiger partial charge in [0.25, 0.3) is 0 Å². The molecule has 0 bridgehead atoms. The highest BCUT2D eigenvalue weighted by Crippen LogP contribution is 2.36. The maximum absolute atomic E-state index is 6.09. The zero-order chi connectivity index (χ0) is 13.1. The van der Waals surface area contributed by atoms with Crippen LogP contribution < -0.4 is 10.1 Å². The SMILES string of the molecule is CC1(COc2ccc3c(c2)CCNC3)CCCCC1. The Bertz CT molecular complexity index is 435. The smallest absolute Gasteiger partial charge is 0.119 e. The Labute approximate surface area is 116 Å². The molecular weight excluding hydrogens is 234 g/mol. The van der Waals surface area contributed by atoms with Gasteiger partial charge in [0.2, 0.25) is 0 Å². The van der Waals surface area contributed by atoms with Gasteiger partial charge < -0.3 is 10.1 Å². The van der Waals surface area contributed by atoms with E-state index in [9.17, 15) is 0 Å². The molecule has 1 N–H and O–H groups in total. The van der Waals surface area contributed by atoms with Crippen LogP contribution in [0.4, 0.5) is 0 Å². The van der Waals surface area contributed by atoms with Crippen molar-refractivity contribution >= 4 is 0 Å². The van der Waals surface area contributed by atoms with Crippen LogP contribution >= 0.6 is 0 Å². The largest absolute Gasteiger partial charge is 0.493 e. The van der Waals surface area contributed by atoms with Gasteiger partial charge in [-0.1, -0.05) is 32.3 Å². The van der Waals surface area contributed by atoms with Crippen molar-refractivity contribution in [3.63, 3.8) is 0 Å². The summed E-state index contributed by atoms with van der Waals surface area (Å²) in [6.45, 7) is 5.36. The standard InChI is InChI=1S/C17H25NO/c1-17(8-3-2-4-9-17)13-19-16-6-5-15-12-18-10-7-14(15)11-16/h5-6,11,18H,2-4,7-10,12-13H2,1H3. The summed E-state index contributed by atoms with van der Waals surface area (Å²) in [5, 5.41) is 3.41. The molecule has 0 atom stereocenters. The lowest BCUT2D eigenvalue weighted by Gasteiger charge is -2.33. The molecule has 3 rings (SSSR count). The van der Waals surface area contributed by atoms with Crippen molar-refractivity contribution < 1.29 is 4.74 Å². The summed E-state index contributed by atoms with van der Waals surface area (Å²) in [7, 11) is 0. The molecule has 0 radical (unpaired) electrons. The number of rotatable bonds is 3. The van der Waals surface area contributed by atoms with Gasteiger partial charge in [-0.2, -0.15) is 0 Å². The zero-order valence-corrected chi connectivity index (χ0v) is 12.0. The predicted molar refractivity (Wildman–Crippen MR) is 78.5 cm³/mol. The molecule has 0 unspecified atom stereocenters. The van der Waals surface area contributed by atoms with Crippen molar-refractivity contribution in [3.8, 4) is 5.75 Å². The lowest BCUT2D eigenvalue weighted by atomic mass is 9.76. The molecule has 1 heterocycles. The van der Waals surface area contributed by atoms with Crippen LogP contribution in [0, 0.1) is 5.41 Å². The maximum atomic E-state index is 6.09. The lowest BCUT2D eigenvalue weighted by Crippen LogP contribution is -2.28. The minimum absolute atomic E-state index is 0.399. The Morgan fingerprint density at radius 1 is 1.16 bits per heavy atom. The summed E-state index contributed by atoms with van der Waals surface area (Å²) in [5.41, 5.74) is 3.29. The molecule has 2 heteroatoms. The van der Waals surface area contributed by atoms with E-state index in [1.54, 1.807) is 0 Å². The molecule has 2 nitrogen and oxygen atoms in total. The summed E-state index contributed by atoms with van der Waals surface area (Å²) < 4.78 is 6.09. The highest BCUT2D eigenvalue weighted by molar-refractivity contribution is 5.37. The molecule has 1 aliphatic heterocycles. The highest BCUT2D eigenvalue weighted by Gasteiger charge is 2.27. The van der Waals surface area contributed by atoms with Crippen molar-refractivity contribution in [2.24, 2.45) is 5.41 Å². The minimum Gasteiger partial charge on any atom is -0.493 e. The molecule has 1 aliphatic carbocycles. The molecule has 1 saturated carbocycles. The highest BCUT2D eigenvalue weighted by atomic mass is 16.5. The normalized spacial score (nSPS) is 21.7. The van der Waals surface area contributed by atoms with E-state index in [4.69, 9.17) is 4.74 Å². The van der Waals surface area contributed by atoms with Gasteiger partial charge in [-0.25, -0.2) is 0 Å². The Balaban J connectivity index is 1.63. The van der Waals surface area contributed by atoms with Crippen LogP contribution in [0.15, 0.2) is 18.2 Å². The minimum atomic E-state index is 0.399. The van der Waals surface area contributed by atoms with E-state index in [2.05, 4.69) is 30.4 Å². The van der Waals surface area contributed by atoms with Gasteiger partial charge in [0.05, 0.1) is 6.61 Å². The third-order valence-electron chi connectivity index (χ3n) is 4.71. The second kappa shape index (κ2) is 5.54. The third-order valence-corrected chi connectivity index (χ3v) is 4.71. The van der Waals surface area contributed by atoms with E-state index >= 15 is 0 Å². The Kier molecular flexibility index (Phi) is 3.79. The Morgan fingerprint density at radius 2 is 2.00 bits per heavy atom. The number of hydrogen-bond acceptors (Lipinski definition) is 2. The first kappa shape index (κ1) is 13.0. The van der Waals surface area contributed by atoms with Crippen LogP contribution in [0.1, 0.15) is 50.2 Å². The number of nitrogens with one attached hydrogen (secondary N) is 1. The van der Waals surface area contributed by atoms with Crippen LogP contribution in [-0.2, 0) is 13.0 Å². The average molecular weight is 259 g/mol. The topological polar surface area (TPSA) is 21.3 Å². The van der Waals surface area contributed by atoms with Gasteiger partial charge >= 0.3 is 0 Å². The number of fused-ring (bicyclic) bond motifs is 1. The van der Waals surface area contributed by atoms with Crippen LogP contribution in [0.3, 0.4) is 0 Å². The fourth-order valence-corrected chi connectivity index (χ4v) is 3.35. The quantitative estimate of drug-likeness (QED) is 0.894. The first-order chi connectivity index (χ1) is 9.25. The van der Waals surface area contributed by atoms with Gasteiger partial charge in [-0.15, -0.1) is 0 Å². The molecule has 0 aromatic heterocycles. The Morgan fingerprint density at radius 3 is 2.84 bits per heavy atom. The molecule has 0 amide bonds. The summed E-state index contributed by atoms with van der Waals surface area (Å²) in [6.07, 6.45) is 7.92. The van der Waals surface area contributed by atoms with Crippen molar-refractivity contribution in [1.29, 1.82) is 0 Å². The summed E-state index contributed by atoms with van der Waals surface area (Å²) in [5.74, 6) is 1.06. The number of benzene rings is 1. The van der Waals surface area contributed by atoms with Gasteiger partial charge in [0.15, 0.2) is 0 Å². The van der Waals surface area contributed by atoms with Crippen molar-refractivity contribution in [2.45, 2.75) is 52.0 Å². The number of ether oxygens (including phenoxy) is 1. The van der Waals surface area contributed by atoms with E-state index in [-0.39, 0.29) is 0 Å². The molecule has 1 aromatic rings. The van der Waals surface area contributed by atoms with E-state index < -0.39 is 0 Å². The van der Waals surface area contributed by atoms with Crippen LogP contribution in [-0.4, -0.2) is 13.2 Å². The fraction of sp³-hybridized carbons (Fsp3) is 0.647. The van der Waals surface area contributed by atoms with E-state index in [1.165, 1.54) is 43.2 Å². The van der Waals surface area contributed by atoms with Crippen molar-refractivity contribution in [1.82, 2.24) is 5.32 Å². The molecule has 0 spiro atoms. The molecule has 1 fully saturated rings. The zero-order valence-electron chi connectivity index (χ0n) is 12.0. The van der Waals surface area contributed by atoms with E-state index in [0.29, 0.717) is 5.41 Å². The van der Waals surface area contributed by atoms with E-state index in [1.807, 2.05) is 0 Å². The second-order valence-electron chi connectivity index (χ2n) is 6.52. The fourth-order valence-electron chi connectivity index (χ4n) is 3.35. The molecule has 0 saturated heterocycles.